The molecule has 6 nitrogen and oxygen atoms in total. The molecule has 0 radical (unpaired) electrons. The zero-order valence-electron chi connectivity index (χ0n) is 18.1. The highest BCUT2D eigenvalue weighted by Crippen LogP contribution is 2.35. The SMILES string of the molecule is CN1Cc2cc(-c3cc(OCC(=O)NCC4CCCO4)cc4ccccc34)ccc2C1=O. The second kappa shape index (κ2) is 8.63. The van der Waals surface area contributed by atoms with Gasteiger partial charge in [-0.25, -0.2) is 0 Å². The van der Waals surface area contributed by atoms with E-state index < -0.39 is 0 Å². The lowest BCUT2D eigenvalue weighted by atomic mass is 9.95. The maximum atomic E-state index is 12.3. The van der Waals surface area contributed by atoms with Crippen molar-refractivity contribution in [1.82, 2.24) is 10.2 Å². The van der Waals surface area contributed by atoms with Crippen LogP contribution in [0.1, 0.15) is 28.8 Å². The molecule has 2 aliphatic heterocycles. The van der Waals surface area contributed by atoms with Crippen molar-refractivity contribution in [1.29, 1.82) is 0 Å². The quantitative estimate of drug-likeness (QED) is 0.647. The fraction of sp³-hybridized carbons (Fsp3) is 0.308. The van der Waals surface area contributed by atoms with Crippen molar-refractivity contribution in [2.45, 2.75) is 25.5 Å². The van der Waals surface area contributed by atoms with Crippen LogP contribution < -0.4 is 10.1 Å². The summed E-state index contributed by atoms with van der Waals surface area (Å²) in [6.45, 7) is 1.85. The van der Waals surface area contributed by atoms with Gasteiger partial charge in [0.15, 0.2) is 6.61 Å². The molecule has 0 bridgehead atoms. The van der Waals surface area contributed by atoms with Gasteiger partial charge in [0.1, 0.15) is 5.75 Å². The molecule has 2 aliphatic rings. The largest absolute Gasteiger partial charge is 0.484 e. The van der Waals surface area contributed by atoms with Crippen LogP contribution in [0.2, 0.25) is 0 Å². The van der Waals surface area contributed by atoms with Gasteiger partial charge in [0.25, 0.3) is 11.8 Å². The molecule has 2 heterocycles. The predicted molar refractivity (Wildman–Crippen MR) is 123 cm³/mol. The van der Waals surface area contributed by atoms with Crippen LogP contribution in [0, 0.1) is 0 Å². The zero-order valence-corrected chi connectivity index (χ0v) is 18.1. The standard InChI is InChI=1S/C26H26N2O4/c1-28-15-19-11-18(8-9-23(19)26(28)30)24-13-21(12-17-5-2-3-7-22(17)24)32-16-25(29)27-14-20-6-4-10-31-20/h2-3,5,7-9,11-13,20H,4,6,10,14-16H2,1H3,(H,27,29). The highest BCUT2D eigenvalue weighted by molar-refractivity contribution is 6.01. The molecule has 3 aromatic rings. The average Bonchev–Trinajstić information content (AvgIpc) is 3.43. The van der Waals surface area contributed by atoms with Gasteiger partial charge in [0.05, 0.1) is 6.10 Å². The van der Waals surface area contributed by atoms with Crippen molar-refractivity contribution < 1.29 is 19.1 Å². The molecule has 0 saturated carbocycles. The summed E-state index contributed by atoms with van der Waals surface area (Å²) >= 11 is 0. The molecule has 164 valence electrons. The number of nitrogens with zero attached hydrogens (tertiary/aromatic N) is 1. The van der Waals surface area contributed by atoms with E-state index in [1.54, 1.807) is 4.90 Å². The average molecular weight is 431 g/mol. The third kappa shape index (κ3) is 4.06. The van der Waals surface area contributed by atoms with Gasteiger partial charge in [0.2, 0.25) is 0 Å². The number of hydrogen-bond donors (Lipinski definition) is 1. The highest BCUT2D eigenvalue weighted by atomic mass is 16.5. The van der Waals surface area contributed by atoms with E-state index in [2.05, 4.69) is 17.4 Å². The Hall–Kier alpha value is -3.38. The second-order valence-electron chi connectivity index (χ2n) is 8.45. The first kappa shape index (κ1) is 20.5. The number of carbonyl (C=O) groups is 2. The predicted octanol–water partition coefficient (Wildman–Crippen LogP) is 3.77. The maximum Gasteiger partial charge on any atom is 0.258 e. The molecule has 32 heavy (non-hydrogen) atoms. The van der Waals surface area contributed by atoms with Gasteiger partial charge < -0.3 is 19.7 Å². The normalized spacial score (nSPS) is 17.6. The van der Waals surface area contributed by atoms with Gasteiger partial charge in [-0.3, -0.25) is 9.59 Å². The molecule has 6 heteroatoms. The number of carbonyl (C=O) groups excluding carboxylic acids is 2. The van der Waals surface area contributed by atoms with Crippen LogP contribution in [-0.2, 0) is 16.1 Å². The number of rotatable bonds is 6. The van der Waals surface area contributed by atoms with E-state index in [1.165, 1.54) is 0 Å². The fourth-order valence-corrected chi connectivity index (χ4v) is 4.47. The lowest BCUT2D eigenvalue weighted by molar-refractivity contribution is -0.123. The Morgan fingerprint density at radius 3 is 2.88 bits per heavy atom. The first-order valence-corrected chi connectivity index (χ1v) is 11.0. The van der Waals surface area contributed by atoms with E-state index in [1.807, 2.05) is 49.5 Å². The van der Waals surface area contributed by atoms with Crippen molar-refractivity contribution >= 4 is 22.6 Å². The van der Waals surface area contributed by atoms with Gasteiger partial charge >= 0.3 is 0 Å². The minimum absolute atomic E-state index is 0.0476. The zero-order chi connectivity index (χ0) is 22.1. The molecule has 0 spiro atoms. The molecule has 2 amide bonds. The van der Waals surface area contributed by atoms with Crippen LogP contribution in [-0.4, -0.2) is 49.6 Å². The lowest BCUT2D eigenvalue weighted by Gasteiger charge is -2.14. The minimum Gasteiger partial charge on any atom is -0.484 e. The van der Waals surface area contributed by atoms with Crippen LogP contribution in [0.4, 0.5) is 0 Å². The van der Waals surface area contributed by atoms with Crippen molar-refractivity contribution in [2.24, 2.45) is 0 Å². The van der Waals surface area contributed by atoms with E-state index in [0.717, 1.165) is 52.5 Å². The van der Waals surface area contributed by atoms with Gasteiger partial charge in [-0.1, -0.05) is 30.3 Å². The van der Waals surface area contributed by atoms with E-state index in [4.69, 9.17) is 9.47 Å². The van der Waals surface area contributed by atoms with Gasteiger partial charge in [-0.05, 0) is 64.6 Å². The van der Waals surface area contributed by atoms with E-state index in [0.29, 0.717) is 18.8 Å². The summed E-state index contributed by atoms with van der Waals surface area (Å²) in [6, 6.07) is 18.0. The fourth-order valence-electron chi connectivity index (χ4n) is 4.47. The molecule has 1 N–H and O–H groups in total. The molecule has 1 saturated heterocycles. The third-order valence-corrected chi connectivity index (χ3v) is 6.16. The van der Waals surface area contributed by atoms with Crippen molar-refractivity contribution in [3.63, 3.8) is 0 Å². The lowest BCUT2D eigenvalue weighted by Crippen LogP contribution is -2.35. The Balaban J connectivity index is 1.38. The second-order valence-corrected chi connectivity index (χ2v) is 8.45. The van der Waals surface area contributed by atoms with Crippen molar-refractivity contribution in [3.05, 3.63) is 65.7 Å². The first-order valence-electron chi connectivity index (χ1n) is 11.0. The van der Waals surface area contributed by atoms with Gasteiger partial charge in [-0.15, -0.1) is 0 Å². The first-order chi connectivity index (χ1) is 15.6. The van der Waals surface area contributed by atoms with Crippen molar-refractivity contribution in [2.75, 3.05) is 26.8 Å². The molecule has 0 aliphatic carbocycles. The molecule has 5 rings (SSSR count). The molecule has 1 atom stereocenters. The Morgan fingerprint density at radius 1 is 1.16 bits per heavy atom. The Morgan fingerprint density at radius 2 is 2.03 bits per heavy atom. The summed E-state index contributed by atoms with van der Waals surface area (Å²) in [6.07, 6.45) is 2.14. The molecule has 1 fully saturated rings. The van der Waals surface area contributed by atoms with Gasteiger partial charge in [0, 0.05) is 32.3 Å². The molecular formula is C26H26N2O4. The van der Waals surface area contributed by atoms with Crippen LogP contribution >= 0.6 is 0 Å². The topological polar surface area (TPSA) is 67.9 Å². The van der Waals surface area contributed by atoms with Crippen LogP contribution in [0.15, 0.2) is 54.6 Å². The molecule has 0 aromatic heterocycles. The Kier molecular flexibility index (Phi) is 5.53. The van der Waals surface area contributed by atoms with Gasteiger partial charge in [-0.2, -0.15) is 0 Å². The van der Waals surface area contributed by atoms with Crippen LogP contribution in [0.5, 0.6) is 5.75 Å². The summed E-state index contributed by atoms with van der Waals surface area (Å²) in [4.78, 5) is 26.2. The maximum absolute atomic E-state index is 12.3. The van der Waals surface area contributed by atoms with E-state index in [-0.39, 0.29) is 24.5 Å². The molecule has 1 unspecified atom stereocenters. The Bertz CT molecular complexity index is 1180. The highest BCUT2D eigenvalue weighted by Gasteiger charge is 2.24. The number of amides is 2. The number of hydrogen-bond acceptors (Lipinski definition) is 4. The summed E-state index contributed by atoms with van der Waals surface area (Å²) < 4.78 is 11.4. The Labute approximate surface area is 187 Å². The van der Waals surface area contributed by atoms with E-state index >= 15 is 0 Å². The van der Waals surface area contributed by atoms with Crippen LogP contribution in [0.25, 0.3) is 21.9 Å². The monoisotopic (exact) mass is 430 g/mol. The van der Waals surface area contributed by atoms with Crippen molar-refractivity contribution in [3.8, 4) is 16.9 Å². The summed E-state index contributed by atoms with van der Waals surface area (Å²) in [5, 5.41) is 5.02. The number of nitrogens with one attached hydrogen (secondary N) is 1. The smallest absolute Gasteiger partial charge is 0.258 e. The summed E-state index contributed by atoms with van der Waals surface area (Å²) in [5.74, 6) is 0.538. The molecular weight excluding hydrogens is 404 g/mol. The number of fused-ring (bicyclic) bond motifs is 2. The summed E-state index contributed by atoms with van der Waals surface area (Å²) in [5.41, 5.74) is 3.83. The number of benzene rings is 3. The number of ether oxygens (including phenoxy) is 2. The van der Waals surface area contributed by atoms with Crippen LogP contribution in [0.3, 0.4) is 0 Å². The molecule has 3 aromatic carbocycles. The minimum atomic E-state index is -0.158. The third-order valence-electron chi connectivity index (χ3n) is 6.16. The van der Waals surface area contributed by atoms with E-state index in [9.17, 15) is 9.59 Å². The summed E-state index contributed by atoms with van der Waals surface area (Å²) in [7, 11) is 1.82.